The summed E-state index contributed by atoms with van der Waals surface area (Å²) in [5.41, 5.74) is 1.32. The number of aliphatic hydroxyl groups is 1. The Morgan fingerprint density at radius 1 is 1.18 bits per heavy atom. The van der Waals surface area contributed by atoms with Gasteiger partial charge in [0.1, 0.15) is 11.6 Å². The number of pyridine rings is 1. The normalized spacial score (nSPS) is 19.4. The second-order valence-corrected chi connectivity index (χ2v) is 7.59. The van der Waals surface area contributed by atoms with Crippen molar-refractivity contribution >= 4 is 11.8 Å². The van der Waals surface area contributed by atoms with Gasteiger partial charge in [-0.15, -0.1) is 0 Å². The van der Waals surface area contributed by atoms with Crippen molar-refractivity contribution in [3.05, 3.63) is 65.5 Å². The molecule has 2 amide bonds. The molecule has 1 atom stereocenters. The molecule has 28 heavy (non-hydrogen) atoms. The Bertz CT molecular complexity index is 876. The molecule has 0 unspecified atom stereocenters. The molecule has 1 aromatic carbocycles. The molecule has 3 heterocycles. The van der Waals surface area contributed by atoms with Crippen LogP contribution in [0.5, 0.6) is 0 Å². The summed E-state index contributed by atoms with van der Waals surface area (Å²) in [6.45, 7) is 3.33. The van der Waals surface area contributed by atoms with E-state index in [-0.39, 0.29) is 11.8 Å². The highest BCUT2D eigenvalue weighted by atomic mass is 16.3. The predicted molar refractivity (Wildman–Crippen MR) is 104 cm³/mol. The van der Waals surface area contributed by atoms with Gasteiger partial charge in [0, 0.05) is 31.4 Å². The number of carbonyl (C=O) groups excluding carboxylic acids is 2. The third-order valence-electron chi connectivity index (χ3n) is 5.94. The van der Waals surface area contributed by atoms with E-state index in [0.717, 1.165) is 5.56 Å². The first-order chi connectivity index (χ1) is 13.5. The van der Waals surface area contributed by atoms with E-state index in [9.17, 15) is 14.7 Å². The van der Waals surface area contributed by atoms with E-state index in [1.54, 1.807) is 16.0 Å². The second-order valence-electron chi connectivity index (χ2n) is 7.59. The summed E-state index contributed by atoms with van der Waals surface area (Å²) in [7, 11) is 0. The minimum Gasteiger partial charge on any atom is -0.383 e. The van der Waals surface area contributed by atoms with Gasteiger partial charge >= 0.3 is 0 Å². The Morgan fingerprint density at radius 3 is 2.54 bits per heavy atom. The number of carbonyl (C=O) groups is 2. The van der Waals surface area contributed by atoms with Gasteiger partial charge in [-0.05, 0) is 43.0 Å². The number of hydrogen-bond donors (Lipinski definition) is 1. The second kappa shape index (κ2) is 7.36. The Hall–Kier alpha value is -2.73. The molecule has 0 saturated carbocycles. The average molecular weight is 379 g/mol. The van der Waals surface area contributed by atoms with E-state index in [0.29, 0.717) is 50.2 Å². The first kappa shape index (κ1) is 18.6. The Morgan fingerprint density at radius 2 is 1.89 bits per heavy atom. The van der Waals surface area contributed by atoms with Crippen LogP contribution in [0.1, 0.15) is 47.8 Å². The fraction of sp³-hybridized carbons (Fsp3) is 0.409. The summed E-state index contributed by atoms with van der Waals surface area (Å²) < 4.78 is 0. The maximum absolute atomic E-state index is 13.2. The molecule has 2 aliphatic rings. The Labute approximate surface area is 164 Å². The number of likely N-dealkylation sites (tertiary alicyclic amines) is 1. The molecular formula is C22H25N3O3. The summed E-state index contributed by atoms with van der Waals surface area (Å²) in [6.07, 6.45) is 3.13. The quantitative estimate of drug-likeness (QED) is 0.885. The lowest BCUT2D eigenvalue weighted by molar-refractivity contribution is -0.141. The lowest BCUT2D eigenvalue weighted by Gasteiger charge is -2.40. The molecule has 0 radical (unpaired) electrons. The number of nitrogens with zero attached hydrogens (tertiary/aromatic N) is 3. The van der Waals surface area contributed by atoms with Gasteiger partial charge in [-0.1, -0.05) is 31.2 Å². The average Bonchev–Trinajstić information content (AvgIpc) is 3.06. The molecule has 1 aromatic heterocycles. The molecule has 2 aromatic rings. The molecule has 0 aliphatic carbocycles. The van der Waals surface area contributed by atoms with Gasteiger partial charge in [-0.3, -0.25) is 14.6 Å². The monoisotopic (exact) mass is 379 g/mol. The van der Waals surface area contributed by atoms with Crippen LogP contribution < -0.4 is 0 Å². The number of aromatic nitrogens is 1. The van der Waals surface area contributed by atoms with Crippen LogP contribution in [0.15, 0.2) is 48.7 Å². The van der Waals surface area contributed by atoms with Crippen LogP contribution in [-0.4, -0.2) is 50.8 Å². The number of rotatable bonds is 4. The van der Waals surface area contributed by atoms with Crippen molar-refractivity contribution in [3.8, 4) is 0 Å². The highest BCUT2D eigenvalue weighted by Crippen LogP contribution is 2.33. The molecule has 2 aliphatic heterocycles. The number of fused-ring (bicyclic) bond motifs is 1. The van der Waals surface area contributed by atoms with Crippen molar-refractivity contribution in [3.63, 3.8) is 0 Å². The zero-order valence-corrected chi connectivity index (χ0v) is 16.0. The predicted octanol–water partition coefficient (Wildman–Crippen LogP) is 2.33. The molecule has 1 N–H and O–H groups in total. The van der Waals surface area contributed by atoms with Crippen LogP contribution in [0.2, 0.25) is 0 Å². The van der Waals surface area contributed by atoms with Gasteiger partial charge in [0.2, 0.25) is 5.91 Å². The van der Waals surface area contributed by atoms with E-state index in [1.807, 2.05) is 49.4 Å². The van der Waals surface area contributed by atoms with E-state index in [2.05, 4.69) is 4.98 Å². The standard InChI is InChI=1S/C22H25N3O3/c1-2-18(25-15-16-7-3-4-8-17(16)20(25)26)21(27)24-13-10-22(28,11-14-24)19-9-5-6-12-23-19/h3-9,12,18,28H,2,10-11,13-15H2,1H3/t18-/m0/s1. The summed E-state index contributed by atoms with van der Waals surface area (Å²) in [4.78, 5) is 33.7. The van der Waals surface area contributed by atoms with E-state index in [4.69, 9.17) is 0 Å². The van der Waals surface area contributed by atoms with Crippen molar-refractivity contribution in [2.24, 2.45) is 0 Å². The minimum atomic E-state index is -1.00. The maximum atomic E-state index is 13.2. The van der Waals surface area contributed by atoms with Gasteiger partial charge in [-0.2, -0.15) is 0 Å². The van der Waals surface area contributed by atoms with Gasteiger partial charge in [0.15, 0.2) is 0 Å². The van der Waals surface area contributed by atoms with Crippen molar-refractivity contribution in [2.75, 3.05) is 13.1 Å². The highest BCUT2D eigenvalue weighted by molar-refractivity contribution is 6.01. The summed E-state index contributed by atoms with van der Waals surface area (Å²) in [5, 5.41) is 10.9. The molecule has 4 rings (SSSR count). The SMILES string of the molecule is CC[C@@H](C(=O)N1CCC(O)(c2ccccn2)CC1)N1Cc2ccccc2C1=O. The fourth-order valence-electron chi connectivity index (χ4n) is 4.26. The third-order valence-corrected chi connectivity index (χ3v) is 5.94. The third kappa shape index (κ3) is 3.18. The van der Waals surface area contributed by atoms with Crippen molar-refractivity contribution < 1.29 is 14.7 Å². The number of amides is 2. The fourth-order valence-corrected chi connectivity index (χ4v) is 4.26. The summed E-state index contributed by atoms with van der Waals surface area (Å²) in [6, 6.07) is 12.6. The molecule has 1 fully saturated rings. The van der Waals surface area contributed by atoms with E-state index >= 15 is 0 Å². The van der Waals surface area contributed by atoms with Gasteiger partial charge < -0.3 is 14.9 Å². The molecule has 1 saturated heterocycles. The van der Waals surface area contributed by atoms with Crippen LogP contribution in [0, 0.1) is 0 Å². The first-order valence-corrected chi connectivity index (χ1v) is 9.85. The molecule has 0 bridgehead atoms. The lowest BCUT2D eigenvalue weighted by Crippen LogP contribution is -2.53. The smallest absolute Gasteiger partial charge is 0.255 e. The Balaban J connectivity index is 1.45. The Kier molecular flexibility index (Phi) is 4.89. The number of hydrogen-bond acceptors (Lipinski definition) is 4. The minimum absolute atomic E-state index is 0.0354. The van der Waals surface area contributed by atoms with E-state index < -0.39 is 11.6 Å². The van der Waals surface area contributed by atoms with Crippen LogP contribution in [-0.2, 0) is 16.9 Å². The largest absolute Gasteiger partial charge is 0.383 e. The van der Waals surface area contributed by atoms with Crippen LogP contribution in [0.3, 0.4) is 0 Å². The topological polar surface area (TPSA) is 73.7 Å². The number of piperidine rings is 1. The zero-order chi connectivity index (χ0) is 19.7. The lowest BCUT2D eigenvalue weighted by atomic mass is 9.87. The molecule has 6 heteroatoms. The summed E-state index contributed by atoms with van der Waals surface area (Å²) in [5.74, 6) is -0.107. The molecule has 146 valence electrons. The summed E-state index contributed by atoms with van der Waals surface area (Å²) >= 11 is 0. The van der Waals surface area contributed by atoms with Gasteiger partial charge in [0.25, 0.3) is 5.91 Å². The highest BCUT2D eigenvalue weighted by Gasteiger charge is 2.41. The molecule has 6 nitrogen and oxygen atoms in total. The van der Waals surface area contributed by atoms with Crippen LogP contribution >= 0.6 is 0 Å². The van der Waals surface area contributed by atoms with E-state index in [1.165, 1.54) is 0 Å². The van der Waals surface area contributed by atoms with Crippen LogP contribution in [0.25, 0.3) is 0 Å². The maximum Gasteiger partial charge on any atom is 0.255 e. The van der Waals surface area contributed by atoms with Crippen molar-refractivity contribution in [2.45, 2.75) is 44.4 Å². The van der Waals surface area contributed by atoms with Crippen molar-refractivity contribution in [1.82, 2.24) is 14.8 Å². The van der Waals surface area contributed by atoms with Gasteiger partial charge in [-0.25, -0.2) is 0 Å². The van der Waals surface area contributed by atoms with Gasteiger partial charge in [0.05, 0.1) is 5.69 Å². The number of benzene rings is 1. The molecular weight excluding hydrogens is 354 g/mol. The zero-order valence-electron chi connectivity index (χ0n) is 16.0. The first-order valence-electron chi connectivity index (χ1n) is 9.85. The molecule has 0 spiro atoms. The van der Waals surface area contributed by atoms with Crippen LogP contribution in [0.4, 0.5) is 0 Å². The van der Waals surface area contributed by atoms with Crippen molar-refractivity contribution in [1.29, 1.82) is 0 Å².